The molecule has 0 heterocycles. The van der Waals surface area contributed by atoms with Crippen molar-refractivity contribution in [1.82, 2.24) is 0 Å². The van der Waals surface area contributed by atoms with E-state index in [1.165, 1.54) is 0 Å². The van der Waals surface area contributed by atoms with Crippen LogP contribution in [-0.2, 0) is 11.8 Å². The number of benzene rings is 1. The van der Waals surface area contributed by atoms with Gasteiger partial charge in [-0.05, 0) is 12.1 Å². The Bertz CT molecular complexity index is 851. The maximum Gasteiger partial charge on any atom is 0.460 e. The molecular weight excluding hydrogens is 542 g/mol. The van der Waals surface area contributed by atoms with Crippen LogP contribution in [0.3, 0.4) is 0 Å². The number of hydrogen-bond acceptors (Lipinski definition) is 2. The van der Waals surface area contributed by atoms with Crippen molar-refractivity contribution in [2.75, 3.05) is 0 Å². The molecule has 0 saturated heterocycles. The van der Waals surface area contributed by atoms with Crippen LogP contribution in [0.15, 0.2) is 12.1 Å². The Morgan fingerprint density at radius 1 is 0.382 bits per heavy atom. The average molecular weight is 546 g/mol. The summed E-state index contributed by atoms with van der Waals surface area (Å²) in [5, 5.41) is 18.0. The highest BCUT2D eigenvalue weighted by molar-refractivity contribution is 5.50. The van der Waals surface area contributed by atoms with Gasteiger partial charge in [-0.25, -0.2) is 0 Å². The Kier molecular flexibility index (Phi) is 6.55. The number of hydrogen-bond donors (Lipinski definition) is 2. The normalized spacial score (nSPS) is 15.6. The lowest BCUT2D eigenvalue weighted by atomic mass is 9.86. The molecule has 198 valence electrons. The first-order chi connectivity index (χ1) is 14.5. The van der Waals surface area contributed by atoms with Crippen molar-refractivity contribution in [1.29, 1.82) is 0 Å². The molecule has 1 aromatic rings. The summed E-state index contributed by atoms with van der Waals surface area (Å²) >= 11 is 0. The third-order valence-corrected chi connectivity index (χ3v) is 4.08. The third kappa shape index (κ3) is 3.81. The second kappa shape index (κ2) is 7.53. The SMILES string of the molecule is Oc1cc(C(F)(F)C(F)(F)C(F)(F)C(F)(F)F)c(C(F)(F)C(F)(F)C(F)(F)C(F)(F)F)cc1O. The van der Waals surface area contributed by atoms with Crippen LogP contribution < -0.4 is 0 Å². The zero-order chi connectivity index (χ0) is 27.7. The molecule has 1 rings (SSSR count). The van der Waals surface area contributed by atoms with Gasteiger partial charge in [0, 0.05) is 11.1 Å². The van der Waals surface area contributed by atoms with Crippen LogP contribution in [0, 0.1) is 0 Å². The van der Waals surface area contributed by atoms with Crippen LogP contribution >= 0.6 is 0 Å². The molecule has 0 amide bonds. The lowest BCUT2D eigenvalue weighted by molar-refractivity contribution is -0.404. The molecule has 0 saturated carbocycles. The van der Waals surface area contributed by atoms with Gasteiger partial charge in [-0.3, -0.25) is 0 Å². The van der Waals surface area contributed by atoms with Crippen LogP contribution in [0.2, 0.25) is 0 Å². The van der Waals surface area contributed by atoms with Gasteiger partial charge in [0.2, 0.25) is 0 Å². The molecule has 0 aromatic heterocycles. The Labute approximate surface area is 173 Å². The summed E-state index contributed by atoms with van der Waals surface area (Å²) in [4.78, 5) is 0. The minimum Gasteiger partial charge on any atom is -0.504 e. The first kappa shape index (κ1) is 29.6. The monoisotopic (exact) mass is 546 g/mol. The summed E-state index contributed by atoms with van der Waals surface area (Å²) in [5.41, 5.74) is -7.75. The van der Waals surface area contributed by atoms with Crippen LogP contribution in [0.1, 0.15) is 11.1 Å². The van der Waals surface area contributed by atoms with Gasteiger partial charge in [0.15, 0.2) is 11.5 Å². The number of phenolic OH excluding ortho intramolecular Hbond substituents is 2. The van der Waals surface area contributed by atoms with Crippen molar-refractivity contribution >= 4 is 0 Å². The van der Waals surface area contributed by atoms with E-state index in [2.05, 4.69) is 0 Å². The topological polar surface area (TPSA) is 40.5 Å². The van der Waals surface area contributed by atoms with Crippen molar-refractivity contribution in [3.8, 4) is 11.5 Å². The summed E-state index contributed by atoms with van der Waals surface area (Å²) in [7, 11) is 0. The lowest BCUT2D eigenvalue weighted by Gasteiger charge is -2.37. The van der Waals surface area contributed by atoms with Crippen molar-refractivity contribution < 1.29 is 89.2 Å². The molecule has 34 heavy (non-hydrogen) atoms. The number of halogens is 18. The number of alkyl halides is 18. The maximum absolute atomic E-state index is 14.1. The fraction of sp³-hybridized carbons (Fsp3) is 0.571. The molecule has 20 heteroatoms. The van der Waals surface area contributed by atoms with E-state index in [1.807, 2.05) is 0 Å². The van der Waals surface area contributed by atoms with Crippen molar-refractivity contribution in [2.24, 2.45) is 0 Å². The molecule has 0 aliphatic rings. The molecule has 0 atom stereocenters. The molecule has 2 N–H and O–H groups in total. The molecule has 2 nitrogen and oxygen atoms in total. The van der Waals surface area contributed by atoms with Gasteiger partial charge in [-0.1, -0.05) is 0 Å². The average Bonchev–Trinajstić information content (AvgIpc) is 2.60. The van der Waals surface area contributed by atoms with Crippen LogP contribution in [0.4, 0.5) is 79.0 Å². The summed E-state index contributed by atoms with van der Waals surface area (Å²) < 4.78 is 236. The second-order valence-corrected chi connectivity index (χ2v) is 6.33. The predicted molar refractivity (Wildman–Crippen MR) is 69.5 cm³/mol. The summed E-state index contributed by atoms with van der Waals surface area (Å²) in [6.07, 6.45) is -15.2. The molecule has 0 aliphatic heterocycles. The smallest absolute Gasteiger partial charge is 0.460 e. The number of aromatic hydroxyl groups is 2. The molecule has 0 fully saturated rings. The van der Waals surface area contributed by atoms with Crippen LogP contribution in [-0.4, -0.2) is 46.3 Å². The molecular formula is C14H4F18O2. The molecule has 1 aromatic carbocycles. The predicted octanol–water partition coefficient (Wildman–Crippen LogP) is 6.95. The second-order valence-electron chi connectivity index (χ2n) is 6.33. The highest BCUT2D eigenvalue weighted by Gasteiger charge is 2.85. The standard InChI is InChI=1S/C14H4F18O2/c15-7(16,9(19,20)11(23,24)13(27,28)29)3-1-5(33)6(34)2-4(3)8(17,18)10(21,22)12(25,26)14(30,31)32/h1-2,33-34H. The van der Waals surface area contributed by atoms with E-state index >= 15 is 0 Å². The maximum atomic E-state index is 14.1. The number of rotatable bonds is 6. The van der Waals surface area contributed by atoms with E-state index in [4.69, 9.17) is 10.2 Å². The van der Waals surface area contributed by atoms with Crippen molar-refractivity contribution in [2.45, 2.75) is 47.9 Å². The van der Waals surface area contributed by atoms with E-state index in [0.29, 0.717) is 0 Å². The minimum absolute atomic E-state index is 1.43. The largest absolute Gasteiger partial charge is 0.504 e. The van der Waals surface area contributed by atoms with Crippen LogP contribution in [0.25, 0.3) is 0 Å². The van der Waals surface area contributed by atoms with E-state index < -0.39 is 82.6 Å². The fourth-order valence-corrected chi connectivity index (χ4v) is 2.18. The zero-order valence-corrected chi connectivity index (χ0v) is 14.9. The Hall–Kier alpha value is -2.44. The first-order valence-corrected chi connectivity index (χ1v) is 7.50. The minimum atomic E-state index is -7.91. The highest BCUT2D eigenvalue weighted by atomic mass is 19.4. The zero-order valence-electron chi connectivity index (χ0n) is 14.9. The molecule has 0 aliphatic carbocycles. The van der Waals surface area contributed by atoms with Gasteiger partial charge in [-0.2, -0.15) is 79.0 Å². The highest BCUT2D eigenvalue weighted by Crippen LogP contribution is 2.62. The van der Waals surface area contributed by atoms with Crippen molar-refractivity contribution in [3.05, 3.63) is 23.3 Å². The Morgan fingerprint density at radius 3 is 0.765 bits per heavy atom. The summed E-state index contributed by atoms with van der Waals surface area (Å²) in [5.74, 6) is -51.1. The summed E-state index contributed by atoms with van der Waals surface area (Å²) in [6.45, 7) is 0. The van der Waals surface area contributed by atoms with Crippen LogP contribution in [0.5, 0.6) is 11.5 Å². The number of phenols is 2. The Morgan fingerprint density at radius 2 is 0.588 bits per heavy atom. The van der Waals surface area contributed by atoms with Gasteiger partial charge >= 0.3 is 47.9 Å². The van der Waals surface area contributed by atoms with Gasteiger partial charge in [-0.15, -0.1) is 0 Å². The van der Waals surface area contributed by atoms with Gasteiger partial charge in [0.25, 0.3) is 0 Å². The third-order valence-electron chi connectivity index (χ3n) is 4.08. The van der Waals surface area contributed by atoms with E-state index in [1.54, 1.807) is 0 Å². The van der Waals surface area contributed by atoms with E-state index in [9.17, 15) is 79.0 Å². The molecule has 0 bridgehead atoms. The van der Waals surface area contributed by atoms with Gasteiger partial charge in [0.1, 0.15) is 0 Å². The van der Waals surface area contributed by atoms with Gasteiger partial charge in [0.05, 0.1) is 0 Å². The van der Waals surface area contributed by atoms with E-state index in [0.717, 1.165) is 0 Å². The molecule has 0 unspecified atom stereocenters. The molecule has 0 radical (unpaired) electrons. The quantitative estimate of drug-likeness (QED) is 0.300. The Balaban J connectivity index is 4.07. The van der Waals surface area contributed by atoms with Crippen molar-refractivity contribution in [3.63, 3.8) is 0 Å². The summed E-state index contributed by atoms with van der Waals surface area (Å²) in [6, 6.07) is -2.86. The fourth-order valence-electron chi connectivity index (χ4n) is 2.18. The molecule has 0 spiro atoms. The van der Waals surface area contributed by atoms with E-state index in [-0.39, 0.29) is 0 Å². The first-order valence-electron chi connectivity index (χ1n) is 7.50. The lowest BCUT2D eigenvalue weighted by Crippen LogP contribution is -2.61. The van der Waals surface area contributed by atoms with Gasteiger partial charge < -0.3 is 10.2 Å².